The van der Waals surface area contributed by atoms with Crippen molar-refractivity contribution >= 4 is 33.8 Å². The van der Waals surface area contributed by atoms with Crippen molar-refractivity contribution in [3.8, 4) is 0 Å². The van der Waals surface area contributed by atoms with Crippen LogP contribution in [-0.2, 0) is 6.54 Å². The summed E-state index contributed by atoms with van der Waals surface area (Å²) in [5.41, 5.74) is 7.81. The zero-order valence-electron chi connectivity index (χ0n) is 11.1. The maximum absolute atomic E-state index is 6.23. The van der Waals surface area contributed by atoms with Crippen LogP contribution in [0.15, 0.2) is 29.8 Å². The van der Waals surface area contributed by atoms with E-state index >= 15 is 0 Å². The van der Waals surface area contributed by atoms with Crippen molar-refractivity contribution in [3.05, 3.63) is 40.4 Å². The smallest absolute Gasteiger partial charge is 0.185 e. The van der Waals surface area contributed by atoms with Gasteiger partial charge in [-0.3, -0.25) is 0 Å². The number of nitrogens with two attached hydrogens (primary N) is 1. The number of halogens is 1. The molecule has 2 N–H and O–H groups in total. The van der Waals surface area contributed by atoms with Gasteiger partial charge in [-0.1, -0.05) is 17.7 Å². The van der Waals surface area contributed by atoms with Crippen molar-refractivity contribution in [2.24, 2.45) is 5.73 Å². The molecule has 1 fully saturated rings. The van der Waals surface area contributed by atoms with E-state index in [0.717, 1.165) is 41.9 Å². The molecule has 0 aliphatic carbocycles. The molecule has 0 bridgehead atoms. The number of hydrogen-bond donors (Lipinski definition) is 1. The Morgan fingerprint density at radius 2 is 1.95 bits per heavy atom. The molecule has 4 nitrogen and oxygen atoms in total. The fraction of sp³-hybridized carbons (Fsp3) is 0.357. The zero-order valence-corrected chi connectivity index (χ0v) is 12.7. The summed E-state index contributed by atoms with van der Waals surface area (Å²) in [5, 5.41) is 3.89. The first-order chi connectivity index (χ1) is 9.78. The largest absolute Gasteiger partial charge is 0.368 e. The van der Waals surface area contributed by atoms with Crippen molar-refractivity contribution < 1.29 is 0 Å². The number of thiazole rings is 1. The molecule has 0 radical (unpaired) electrons. The quantitative estimate of drug-likeness (QED) is 0.946. The van der Waals surface area contributed by atoms with Crippen LogP contribution in [0.5, 0.6) is 0 Å². The number of anilines is 2. The van der Waals surface area contributed by atoms with Crippen molar-refractivity contribution in [2.75, 3.05) is 36.0 Å². The van der Waals surface area contributed by atoms with Gasteiger partial charge in [-0.15, -0.1) is 11.3 Å². The molecule has 1 aromatic carbocycles. The molecule has 0 unspecified atom stereocenters. The van der Waals surface area contributed by atoms with Gasteiger partial charge < -0.3 is 15.5 Å². The average molecular weight is 309 g/mol. The Morgan fingerprint density at radius 3 is 2.55 bits per heavy atom. The summed E-state index contributed by atoms with van der Waals surface area (Å²) < 4.78 is 0. The second-order valence-corrected chi connectivity index (χ2v) is 6.05. The normalized spacial score (nSPS) is 15.7. The number of benzene rings is 1. The maximum Gasteiger partial charge on any atom is 0.185 e. The first-order valence-corrected chi connectivity index (χ1v) is 7.91. The van der Waals surface area contributed by atoms with Gasteiger partial charge in [0.05, 0.1) is 0 Å². The first kappa shape index (κ1) is 13.7. The first-order valence-electron chi connectivity index (χ1n) is 6.66. The minimum absolute atomic E-state index is 0.483. The van der Waals surface area contributed by atoms with Gasteiger partial charge in [0.25, 0.3) is 0 Å². The highest BCUT2D eigenvalue weighted by Crippen LogP contribution is 2.26. The molecular formula is C14H17ClN4S. The van der Waals surface area contributed by atoms with Crippen LogP contribution in [0.1, 0.15) is 5.56 Å². The molecular weight excluding hydrogens is 292 g/mol. The number of hydrogen-bond acceptors (Lipinski definition) is 5. The number of aromatic nitrogens is 1. The minimum atomic E-state index is 0.483. The topological polar surface area (TPSA) is 45.4 Å². The summed E-state index contributed by atoms with van der Waals surface area (Å²) in [6.45, 7) is 4.43. The molecule has 6 heteroatoms. The summed E-state index contributed by atoms with van der Waals surface area (Å²) >= 11 is 7.93. The lowest BCUT2D eigenvalue weighted by Gasteiger charge is -2.36. The SMILES string of the molecule is NCc1ccc(N2CCN(c3nccs3)CC2)cc1Cl. The van der Waals surface area contributed by atoms with E-state index in [9.17, 15) is 0 Å². The van der Waals surface area contributed by atoms with E-state index < -0.39 is 0 Å². The van der Waals surface area contributed by atoms with Crippen molar-refractivity contribution in [2.45, 2.75) is 6.54 Å². The Bertz CT molecular complexity index is 565. The maximum atomic E-state index is 6.23. The van der Waals surface area contributed by atoms with E-state index in [2.05, 4.69) is 20.9 Å². The van der Waals surface area contributed by atoms with E-state index in [1.807, 2.05) is 23.7 Å². The second kappa shape index (κ2) is 5.99. The number of nitrogens with zero attached hydrogens (tertiary/aromatic N) is 3. The van der Waals surface area contributed by atoms with Gasteiger partial charge in [-0.05, 0) is 17.7 Å². The van der Waals surface area contributed by atoms with Crippen LogP contribution in [0.25, 0.3) is 0 Å². The highest BCUT2D eigenvalue weighted by Gasteiger charge is 2.19. The Morgan fingerprint density at radius 1 is 1.20 bits per heavy atom. The van der Waals surface area contributed by atoms with Crippen molar-refractivity contribution in [1.82, 2.24) is 4.98 Å². The fourth-order valence-electron chi connectivity index (χ4n) is 2.43. The third-order valence-corrected chi connectivity index (χ3v) is 4.78. The third-order valence-electron chi connectivity index (χ3n) is 3.59. The van der Waals surface area contributed by atoms with Gasteiger partial charge in [0.2, 0.25) is 0 Å². The highest BCUT2D eigenvalue weighted by atomic mass is 35.5. The van der Waals surface area contributed by atoms with Gasteiger partial charge in [-0.2, -0.15) is 0 Å². The molecule has 3 rings (SSSR count). The molecule has 20 heavy (non-hydrogen) atoms. The number of rotatable bonds is 3. The van der Waals surface area contributed by atoms with Gasteiger partial charge in [-0.25, -0.2) is 4.98 Å². The summed E-state index contributed by atoms with van der Waals surface area (Å²) in [5.74, 6) is 0. The van der Waals surface area contributed by atoms with E-state index in [-0.39, 0.29) is 0 Å². The summed E-state index contributed by atoms with van der Waals surface area (Å²) in [6.07, 6.45) is 1.86. The standard InChI is InChI=1S/C14H17ClN4S/c15-13-9-12(2-1-11(13)10-16)18-4-6-19(7-5-18)14-17-3-8-20-14/h1-3,8-9H,4-7,10,16H2. The molecule has 0 saturated carbocycles. The van der Waals surface area contributed by atoms with E-state index in [1.165, 1.54) is 5.69 Å². The van der Waals surface area contributed by atoms with Crippen LogP contribution in [0.2, 0.25) is 5.02 Å². The van der Waals surface area contributed by atoms with Crippen LogP contribution < -0.4 is 15.5 Å². The average Bonchev–Trinajstić information content (AvgIpc) is 3.01. The summed E-state index contributed by atoms with van der Waals surface area (Å²) in [4.78, 5) is 9.05. The molecule has 1 aromatic heterocycles. The van der Waals surface area contributed by atoms with Crippen molar-refractivity contribution in [3.63, 3.8) is 0 Å². The van der Waals surface area contributed by atoms with Gasteiger partial charge in [0.1, 0.15) is 0 Å². The lowest BCUT2D eigenvalue weighted by molar-refractivity contribution is 0.652. The van der Waals surface area contributed by atoms with Crippen LogP contribution in [0.3, 0.4) is 0 Å². The predicted octanol–water partition coefficient (Wildman–Crippen LogP) is 2.58. The van der Waals surface area contributed by atoms with E-state index in [0.29, 0.717) is 6.54 Å². The Labute approximate surface area is 127 Å². The summed E-state index contributed by atoms with van der Waals surface area (Å²) in [7, 11) is 0. The molecule has 106 valence electrons. The molecule has 2 heterocycles. The molecule has 1 aliphatic rings. The van der Waals surface area contributed by atoms with Crippen LogP contribution in [0, 0.1) is 0 Å². The molecule has 2 aromatic rings. The zero-order chi connectivity index (χ0) is 13.9. The highest BCUT2D eigenvalue weighted by molar-refractivity contribution is 7.13. The van der Waals surface area contributed by atoms with Crippen molar-refractivity contribution in [1.29, 1.82) is 0 Å². The third kappa shape index (κ3) is 2.75. The lowest BCUT2D eigenvalue weighted by atomic mass is 10.2. The molecule has 1 aliphatic heterocycles. The number of piperazine rings is 1. The van der Waals surface area contributed by atoms with Gasteiger partial charge >= 0.3 is 0 Å². The second-order valence-electron chi connectivity index (χ2n) is 4.77. The minimum Gasteiger partial charge on any atom is -0.368 e. The molecule has 0 amide bonds. The Balaban J connectivity index is 1.67. The summed E-state index contributed by atoms with van der Waals surface area (Å²) in [6, 6.07) is 6.14. The Hall–Kier alpha value is -1.30. The van der Waals surface area contributed by atoms with Gasteiger partial charge in [0, 0.05) is 55.0 Å². The van der Waals surface area contributed by atoms with Crippen LogP contribution in [0.4, 0.5) is 10.8 Å². The predicted molar refractivity (Wildman–Crippen MR) is 85.9 cm³/mol. The fourth-order valence-corrected chi connectivity index (χ4v) is 3.38. The van der Waals surface area contributed by atoms with Crippen LogP contribution in [-0.4, -0.2) is 31.2 Å². The van der Waals surface area contributed by atoms with Gasteiger partial charge in [0.15, 0.2) is 5.13 Å². The monoisotopic (exact) mass is 308 g/mol. The molecule has 0 atom stereocenters. The lowest BCUT2D eigenvalue weighted by Crippen LogP contribution is -2.46. The Kier molecular flexibility index (Phi) is 4.10. The molecule has 1 saturated heterocycles. The van der Waals surface area contributed by atoms with E-state index in [1.54, 1.807) is 11.3 Å². The molecule has 0 spiro atoms. The van der Waals surface area contributed by atoms with Crippen LogP contribution >= 0.6 is 22.9 Å². The van der Waals surface area contributed by atoms with E-state index in [4.69, 9.17) is 17.3 Å².